The molecule has 1 aromatic heterocycles. The van der Waals surface area contributed by atoms with E-state index in [1.54, 1.807) is 20.0 Å². The summed E-state index contributed by atoms with van der Waals surface area (Å²) in [5.74, 6) is -0.910. The summed E-state index contributed by atoms with van der Waals surface area (Å²) in [6.07, 6.45) is 1.74. The summed E-state index contributed by atoms with van der Waals surface area (Å²) in [4.78, 5) is 13.9. The molecule has 1 aromatic rings. The number of hydrogen-bond acceptors (Lipinski definition) is 3. The molecule has 0 bridgehead atoms. The van der Waals surface area contributed by atoms with Gasteiger partial charge in [0.1, 0.15) is 10.6 Å². The van der Waals surface area contributed by atoms with E-state index < -0.39 is 12.0 Å². The fraction of sp³-hybridized carbons (Fsp3) is 0.400. The van der Waals surface area contributed by atoms with Crippen LogP contribution in [0.3, 0.4) is 0 Å². The molecule has 0 fully saturated rings. The van der Waals surface area contributed by atoms with E-state index in [1.165, 1.54) is 0 Å². The molecule has 0 radical (unpaired) electrons. The second-order valence-corrected chi connectivity index (χ2v) is 4.07. The quantitative estimate of drug-likeness (QED) is 0.808. The Labute approximate surface area is 97.6 Å². The molecule has 0 spiro atoms. The lowest BCUT2D eigenvalue weighted by molar-refractivity contribution is -0.139. The molecule has 0 saturated heterocycles. The largest absolute Gasteiger partial charge is 0.480 e. The zero-order chi connectivity index (χ0) is 11.8. The van der Waals surface area contributed by atoms with Crippen molar-refractivity contribution in [1.29, 1.82) is 0 Å². The van der Waals surface area contributed by atoms with Crippen molar-refractivity contribution in [3.8, 4) is 0 Å². The first-order valence-corrected chi connectivity index (χ1v) is 5.29. The van der Waals surface area contributed by atoms with Crippen molar-refractivity contribution in [3.63, 3.8) is 0 Å². The monoisotopic (exact) mass is 274 g/mol. The van der Waals surface area contributed by atoms with Crippen LogP contribution in [0.15, 0.2) is 29.0 Å². The first kappa shape index (κ1) is 14.1. The third kappa shape index (κ3) is 7.04. The molecule has 1 heterocycles. The lowest BCUT2D eigenvalue weighted by Gasteiger charge is -2.07. The number of pyridine rings is 1. The maximum absolute atomic E-state index is 10.0. The highest BCUT2D eigenvalue weighted by Gasteiger charge is 2.14. The van der Waals surface area contributed by atoms with Gasteiger partial charge in [-0.2, -0.15) is 0 Å². The number of hydrogen-bond donors (Lipinski definition) is 2. The van der Waals surface area contributed by atoms with Gasteiger partial charge in [-0.25, -0.2) is 4.98 Å². The number of aromatic nitrogens is 1. The summed E-state index contributed by atoms with van der Waals surface area (Å²) in [6, 6.07) is 4.98. The van der Waals surface area contributed by atoms with E-state index in [0.29, 0.717) is 0 Å². The topological polar surface area (TPSA) is 76.2 Å². The van der Waals surface area contributed by atoms with Gasteiger partial charge in [0, 0.05) is 6.20 Å². The number of carboxylic acids is 1. The molecule has 0 aliphatic rings. The Balaban J connectivity index is 0.000000262. The summed E-state index contributed by atoms with van der Waals surface area (Å²) in [5, 5.41) is 8.23. The van der Waals surface area contributed by atoms with Crippen molar-refractivity contribution in [2.24, 2.45) is 11.7 Å². The first-order valence-electron chi connectivity index (χ1n) is 4.50. The standard InChI is InChI=1S/C5H4BrN.C5H11NO2/c6-5-3-1-2-4-7-5;1-3(2)4(6)5(7)8/h1-4H;3-4H,6H2,1-2H3,(H,7,8)/t;4-/m.0/s1. The third-order valence-corrected chi connectivity index (χ3v) is 2.10. The summed E-state index contributed by atoms with van der Waals surface area (Å²) < 4.78 is 0.884. The van der Waals surface area contributed by atoms with Gasteiger partial charge in [0.05, 0.1) is 0 Å². The minimum absolute atomic E-state index is 0.0208. The van der Waals surface area contributed by atoms with E-state index >= 15 is 0 Å². The Morgan fingerprint density at radius 2 is 2.13 bits per heavy atom. The van der Waals surface area contributed by atoms with Crippen molar-refractivity contribution < 1.29 is 9.90 Å². The minimum atomic E-state index is -0.931. The molecule has 15 heavy (non-hydrogen) atoms. The molecule has 1 atom stereocenters. The summed E-state index contributed by atoms with van der Waals surface area (Å²) in [5.41, 5.74) is 5.16. The average molecular weight is 275 g/mol. The number of carboxylic acid groups (broad SMARTS) is 1. The van der Waals surface area contributed by atoms with Gasteiger partial charge in [0.25, 0.3) is 0 Å². The zero-order valence-electron chi connectivity index (χ0n) is 8.72. The van der Waals surface area contributed by atoms with Crippen LogP contribution in [0.1, 0.15) is 13.8 Å². The highest BCUT2D eigenvalue weighted by molar-refractivity contribution is 9.10. The van der Waals surface area contributed by atoms with E-state index in [1.807, 2.05) is 18.2 Å². The van der Waals surface area contributed by atoms with Crippen LogP contribution in [-0.2, 0) is 4.79 Å². The van der Waals surface area contributed by atoms with Gasteiger partial charge in [-0.15, -0.1) is 0 Å². The van der Waals surface area contributed by atoms with Crippen LogP contribution in [0, 0.1) is 5.92 Å². The fourth-order valence-electron chi connectivity index (χ4n) is 0.627. The van der Waals surface area contributed by atoms with Crippen molar-refractivity contribution in [2.45, 2.75) is 19.9 Å². The average Bonchev–Trinajstić information content (AvgIpc) is 2.18. The van der Waals surface area contributed by atoms with Gasteiger partial charge in [0.2, 0.25) is 0 Å². The van der Waals surface area contributed by atoms with Gasteiger partial charge >= 0.3 is 5.97 Å². The van der Waals surface area contributed by atoms with Crippen LogP contribution in [0.25, 0.3) is 0 Å². The number of nitrogens with zero attached hydrogens (tertiary/aromatic N) is 1. The summed E-state index contributed by atoms with van der Waals surface area (Å²) in [6.45, 7) is 3.55. The highest BCUT2D eigenvalue weighted by atomic mass is 79.9. The molecule has 0 aromatic carbocycles. The Morgan fingerprint density at radius 3 is 2.27 bits per heavy atom. The zero-order valence-corrected chi connectivity index (χ0v) is 10.3. The smallest absolute Gasteiger partial charge is 0.320 e. The molecule has 84 valence electrons. The number of aliphatic carboxylic acids is 1. The van der Waals surface area contributed by atoms with Gasteiger partial charge in [-0.1, -0.05) is 19.9 Å². The second kappa shape index (κ2) is 7.36. The van der Waals surface area contributed by atoms with Crippen molar-refractivity contribution in [2.75, 3.05) is 0 Å². The fourth-order valence-corrected chi connectivity index (χ4v) is 0.898. The lowest BCUT2D eigenvalue weighted by atomic mass is 10.1. The maximum Gasteiger partial charge on any atom is 0.320 e. The van der Waals surface area contributed by atoms with Gasteiger partial charge in [-0.05, 0) is 34.0 Å². The number of nitrogens with two attached hydrogens (primary N) is 1. The molecule has 3 N–H and O–H groups in total. The van der Waals surface area contributed by atoms with Gasteiger partial charge < -0.3 is 10.8 Å². The van der Waals surface area contributed by atoms with Crippen LogP contribution in [0.5, 0.6) is 0 Å². The molecular formula is C10H15BrN2O2. The molecule has 5 heteroatoms. The molecule has 0 aliphatic heterocycles. The van der Waals surface area contributed by atoms with Crippen LogP contribution < -0.4 is 5.73 Å². The van der Waals surface area contributed by atoms with E-state index in [0.717, 1.165) is 4.60 Å². The third-order valence-electron chi connectivity index (χ3n) is 1.63. The van der Waals surface area contributed by atoms with E-state index in [2.05, 4.69) is 20.9 Å². The molecule has 1 rings (SSSR count). The lowest BCUT2D eigenvalue weighted by Crippen LogP contribution is -2.34. The molecule has 4 nitrogen and oxygen atoms in total. The molecule has 0 amide bonds. The van der Waals surface area contributed by atoms with Crippen LogP contribution in [0.2, 0.25) is 0 Å². The number of carbonyl (C=O) groups is 1. The number of rotatable bonds is 2. The maximum atomic E-state index is 10.0. The molecular weight excluding hydrogens is 260 g/mol. The first-order chi connectivity index (χ1) is 6.95. The Morgan fingerprint density at radius 1 is 1.53 bits per heavy atom. The van der Waals surface area contributed by atoms with Crippen LogP contribution in [-0.4, -0.2) is 22.1 Å². The van der Waals surface area contributed by atoms with Crippen LogP contribution >= 0.6 is 15.9 Å². The van der Waals surface area contributed by atoms with Gasteiger partial charge in [0.15, 0.2) is 0 Å². The molecule has 0 unspecified atom stereocenters. The Kier molecular flexibility index (Phi) is 6.90. The SMILES string of the molecule is Brc1ccccn1.CC(C)[C@H](N)C(=O)O. The van der Waals surface area contributed by atoms with E-state index in [9.17, 15) is 4.79 Å². The predicted octanol–water partition coefficient (Wildman–Crippen LogP) is 1.90. The molecule has 0 saturated carbocycles. The van der Waals surface area contributed by atoms with Gasteiger partial charge in [-0.3, -0.25) is 4.79 Å². The number of halogens is 1. The van der Waals surface area contributed by atoms with Crippen LogP contribution in [0.4, 0.5) is 0 Å². The van der Waals surface area contributed by atoms with Crippen molar-refractivity contribution in [3.05, 3.63) is 29.0 Å². The minimum Gasteiger partial charge on any atom is -0.480 e. The van der Waals surface area contributed by atoms with E-state index in [4.69, 9.17) is 10.8 Å². The molecule has 0 aliphatic carbocycles. The second-order valence-electron chi connectivity index (χ2n) is 3.26. The van der Waals surface area contributed by atoms with E-state index in [-0.39, 0.29) is 5.92 Å². The highest BCUT2D eigenvalue weighted by Crippen LogP contribution is 2.00. The predicted molar refractivity (Wildman–Crippen MR) is 62.4 cm³/mol. The normalized spacial score (nSPS) is 11.5. The van der Waals surface area contributed by atoms with Crippen molar-refractivity contribution >= 4 is 21.9 Å². The summed E-state index contributed by atoms with van der Waals surface area (Å²) in [7, 11) is 0. The Bertz CT molecular complexity index is 291. The van der Waals surface area contributed by atoms with Crippen molar-refractivity contribution in [1.82, 2.24) is 4.98 Å². The Hall–Kier alpha value is -0.940. The summed E-state index contributed by atoms with van der Waals surface area (Å²) >= 11 is 3.20.